The molecular formula is C25H29N7O5S2. The van der Waals surface area contributed by atoms with E-state index in [9.17, 15) is 24.5 Å². The van der Waals surface area contributed by atoms with Crippen molar-refractivity contribution in [3.8, 4) is 0 Å². The molecule has 1 atom stereocenters. The summed E-state index contributed by atoms with van der Waals surface area (Å²) in [7, 11) is 1.74. The van der Waals surface area contributed by atoms with Crippen LogP contribution in [0.3, 0.4) is 0 Å². The van der Waals surface area contributed by atoms with Gasteiger partial charge in [0.25, 0.3) is 17.5 Å². The number of non-ortho nitro benzene ring substituents is 1. The summed E-state index contributed by atoms with van der Waals surface area (Å²) in [5.74, 6) is -0.883. The molecule has 0 spiro atoms. The average Bonchev–Trinajstić information content (AvgIpc) is 3.45. The molecule has 39 heavy (non-hydrogen) atoms. The molecule has 1 aliphatic carbocycles. The number of nitrogens with zero attached hydrogens (tertiary/aromatic N) is 4. The molecule has 3 amide bonds. The first-order valence-electron chi connectivity index (χ1n) is 12.4. The molecule has 3 aromatic rings. The third kappa shape index (κ3) is 6.28. The van der Waals surface area contributed by atoms with Gasteiger partial charge in [-0.3, -0.25) is 24.5 Å². The number of nitro benzene ring substituents is 1. The summed E-state index contributed by atoms with van der Waals surface area (Å²) in [5.41, 5.74) is 6.97. The van der Waals surface area contributed by atoms with E-state index in [0.717, 1.165) is 36.1 Å². The molecule has 14 heteroatoms. The second-order valence-corrected chi connectivity index (χ2v) is 11.6. The minimum absolute atomic E-state index is 0.0269. The molecule has 0 saturated heterocycles. The first-order valence-corrected chi connectivity index (χ1v) is 14.2. The van der Waals surface area contributed by atoms with Gasteiger partial charge in [-0.1, -0.05) is 31.7 Å². The van der Waals surface area contributed by atoms with Gasteiger partial charge >= 0.3 is 0 Å². The second kappa shape index (κ2) is 11.9. The summed E-state index contributed by atoms with van der Waals surface area (Å²) in [4.78, 5) is 49.4. The van der Waals surface area contributed by atoms with Crippen LogP contribution in [0, 0.1) is 16.0 Å². The number of aromatic nitrogens is 3. The molecule has 12 nitrogen and oxygen atoms in total. The van der Waals surface area contributed by atoms with Gasteiger partial charge in [-0.05, 0) is 43.2 Å². The summed E-state index contributed by atoms with van der Waals surface area (Å²) in [6.07, 6.45) is 3.70. The number of carbonyl (C=O) groups is 3. The van der Waals surface area contributed by atoms with E-state index in [1.54, 1.807) is 11.6 Å². The number of nitrogens with two attached hydrogens (primary N) is 1. The predicted octanol–water partition coefficient (Wildman–Crippen LogP) is 3.62. The highest BCUT2D eigenvalue weighted by atomic mass is 32.2. The molecule has 4 N–H and O–H groups in total. The number of aryl methyl sites for hydroxylation is 1. The lowest BCUT2D eigenvalue weighted by atomic mass is 9.95. The number of hydrogen-bond acceptors (Lipinski definition) is 9. The summed E-state index contributed by atoms with van der Waals surface area (Å²) in [6.45, 7) is 3.81. The van der Waals surface area contributed by atoms with E-state index in [0.29, 0.717) is 21.5 Å². The number of carbonyl (C=O) groups excluding carboxylic acids is 3. The molecule has 0 radical (unpaired) electrons. The molecule has 1 aromatic carbocycles. The Morgan fingerprint density at radius 1 is 1.23 bits per heavy atom. The van der Waals surface area contributed by atoms with E-state index in [4.69, 9.17) is 5.73 Å². The highest BCUT2D eigenvalue weighted by Gasteiger charge is 2.27. The molecule has 2 aromatic heterocycles. The molecule has 206 valence electrons. The van der Waals surface area contributed by atoms with Crippen LogP contribution < -0.4 is 16.4 Å². The van der Waals surface area contributed by atoms with Crippen LogP contribution in [0.5, 0.6) is 0 Å². The van der Waals surface area contributed by atoms with Crippen molar-refractivity contribution in [3.05, 3.63) is 61.8 Å². The monoisotopic (exact) mass is 571 g/mol. The SMILES string of the molecule is CC(C)[C@@H](NC(=O)c1cccc([N+](=O)[O-])c1)c1nnc(SCC(=O)Nc2sc3c(c2C(N)=O)CCCC3)n1C. The van der Waals surface area contributed by atoms with Gasteiger partial charge in [0.1, 0.15) is 5.00 Å². The van der Waals surface area contributed by atoms with Crippen molar-refractivity contribution in [2.45, 2.75) is 50.7 Å². The maximum Gasteiger partial charge on any atom is 0.270 e. The Morgan fingerprint density at radius 2 is 1.97 bits per heavy atom. The number of hydrogen-bond donors (Lipinski definition) is 3. The summed E-state index contributed by atoms with van der Waals surface area (Å²) in [5, 5.41) is 26.2. The Labute approximate surface area is 232 Å². The minimum Gasteiger partial charge on any atom is -0.365 e. The van der Waals surface area contributed by atoms with Gasteiger partial charge in [-0.2, -0.15) is 0 Å². The van der Waals surface area contributed by atoms with Gasteiger partial charge in [-0.15, -0.1) is 21.5 Å². The zero-order valence-corrected chi connectivity index (χ0v) is 23.4. The number of benzene rings is 1. The van der Waals surface area contributed by atoms with Gasteiger partial charge in [0.2, 0.25) is 5.91 Å². The molecule has 0 saturated carbocycles. The largest absolute Gasteiger partial charge is 0.365 e. The van der Waals surface area contributed by atoms with Crippen LogP contribution in [0.1, 0.15) is 69.7 Å². The fourth-order valence-electron chi connectivity index (χ4n) is 4.44. The van der Waals surface area contributed by atoms with Crippen LogP contribution >= 0.6 is 23.1 Å². The number of primary amides is 1. The van der Waals surface area contributed by atoms with E-state index >= 15 is 0 Å². The van der Waals surface area contributed by atoms with Crippen LogP contribution in [0.4, 0.5) is 10.7 Å². The number of thioether (sulfide) groups is 1. The maximum atomic E-state index is 12.9. The molecule has 4 rings (SSSR count). The van der Waals surface area contributed by atoms with Crippen molar-refractivity contribution in [2.24, 2.45) is 18.7 Å². The predicted molar refractivity (Wildman–Crippen MR) is 148 cm³/mol. The lowest BCUT2D eigenvalue weighted by Crippen LogP contribution is -2.33. The third-order valence-corrected chi connectivity index (χ3v) is 8.65. The fraction of sp³-hybridized carbons (Fsp3) is 0.400. The Balaban J connectivity index is 1.44. The van der Waals surface area contributed by atoms with Crippen molar-refractivity contribution in [3.63, 3.8) is 0 Å². The molecule has 2 heterocycles. The van der Waals surface area contributed by atoms with Crippen LogP contribution in [-0.2, 0) is 24.7 Å². The first kappa shape index (κ1) is 28.2. The molecule has 0 unspecified atom stereocenters. The lowest BCUT2D eigenvalue weighted by Gasteiger charge is -2.21. The Morgan fingerprint density at radius 3 is 2.67 bits per heavy atom. The number of rotatable bonds is 10. The first-order chi connectivity index (χ1) is 18.6. The van der Waals surface area contributed by atoms with Gasteiger partial charge in [0, 0.05) is 29.6 Å². The number of amides is 3. The number of anilines is 1. The molecule has 0 fully saturated rings. The van der Waals surface area contributed by atoms with E-state index in [2.05, 4.69) is 20.8 Å². The van der Waals surface area contributed by atoms with Crippen LogP contribution in [-0.4, -0.2) is 43.2 Å². The van der Waals surface area contributed by atoms with Gasteiger partial charge in [0.05, 0.1) is 22.3 Å². The van der Waals surface area contributed by atoms with Crippen molar-refractivity contribution in [1.29, 1.82) is 0 Å². The van der Waals surface area contributed by atoms with E-state index in [1.807, 2.05) is 13.8 Å². The Kier molecular flexibility index (Phi) is 8.65. The smallest absolute Gasteiger partial charge is 0.270 e. The molecule has 0 bridgehead atoms. The lowest BCUT2D eigenvalue weighted by molar-refractivity contribution is -0.384. The summed E-state index contributed by atoms with van der Waals surface area (Å²) in [6, 6.07) is 4.96. The van der Waals surface area contributed by atoms with Gasteiger partial charge in [0.15, 0.2) is 11.0 Å². The second-order valence-electron chi connectivity index (χ2n) is 9.52. The van der Waals surface area contributed by atoms with Gasteiger partial charge in [-0.25, -0.2) is 0 Å². The Hall–Kier alpha value is -3.78. The molecule has 0 aliphatic heterocycles. The number of nitrogens with one attached hydrogen (secondary N) is 2. The van der Waals surface area contributed by atoms with Crippen LogP contribution in [0.2, 0.25) is 0 Å². The highest BCUT2D eigenvalue weighted by molar-refractivity contribution is 7.99. The average molecular weight is 572 g/mol. The zero-order valence-electron chi connectivity index (χ0n) is 21.7. The topological polar surface area (TPSA) is 175 Å². The van der Waals surface area contributed by atoms with Crippen LogP contribution in [0.25, 0.3) is 0 Å². The van der Waals surface area contributed by atoms with Crippen molar-refractivity contribution < 1.29 is 19.3 Å². The molecule has 1 aliphatic rings. The third-order valence-electron chi connectivity index (χ3n) is 6.42. The minimum atomic E-state index is -0.555. The van der Waals surface area contributed by atoms with Crippen LogP contribution in [0.15, 0.2) is 29.4 Å². The van der Waals surface area contributed by atoms with Crippen molar-refractivity contribution >= 4 is 51.5 Å². The standard InChI is InChI=1S/C25H29N7O5S2/c1-13(2)20(28-23(35)14-7-6-8-15(11-14)32(36)37)22-29-30-25(31(22)3)38-12-18(33)27-24-19(21(26)34)16-9-4-5-10-17(16)39-24/h6-8,11,13,20H,4-5,9-10,12H2,1-3H3,(H2,26,34)(H,27,33)(H,28,35)/t20-/m1/s1. The number of thiophene rings is 1. The zero-order chi connectivity index (χ0) is 28.3. The quantitative estimate of drug-likeness (QED) is 0.188. The van der Waals surface area contributed by atoms with E-state index in [-0.39, 0.29) is 28.8 Å². The number of fused-ring (bicyclic) bond motifs is 1. The highest BCUT2D eigenvalue weighted by Crippen LogP contribution is 2.38. The molecular weight excluding hydrogens is 542 g/mol. The number of nitro groups is 1. The maximum absolute atomic E-state index is 12.9. The van der Waals surface area contributed by atoms with Crippen molar-refractivity contribution in [1.82, 2.24) is 20.1 Å². The summed E-state index contributed by atoms with van der Waals surface area (Å²) < 4.78 is 1.70. The fourth-order valence-corrected chi connectivity index (χ4v) is 6.47. The van der Waals surface area contributed by atoms with Gasteiger partial charge < -0.3 is 20.9 Å². The normalized spacial score (nSPS) is 13.5. The van der Waals surface area contributed by atoms with E-state index < -0.39 is 22.8 Å². The Bertz CT molecular complexity index is 1430. The summed E-state index contributed by atoms with van der Waals surface area (Å²) >= 11 is 2.58. The van der Waals surface area contributed by atoms with Crippen molar-refractivity contribution in [2.75, 3.05) is 11.1 Å². The van der Waals surface area contributed by atoms with E-state index in [1.165, 1.54) is 47.4 Å².